The average molecular weight is 308 g/mol. The summed E-state index contributed by atoms with van der Waals surface area (Å²) in [4.78, 5) is 4.12. The van der Waals surface area contributed by atoms with Crippen LogP contribution in [0.3, 0.4) is 0 Å². The number of nitrogens with two attached hydrogens (primary N) is 1. The molecule has 1 aromatic carbocycles. The molecule has 2 N–H and O–H groups in total. The second kappa shape index (κ2) is 6.38. The molecule has 0 spiro atoms. The van der Waals surface area contributed by atoms with E-state index in [1.807, 2.05) is 30.3 Å². The molecule has 21 heavy (non-hydrogen) atoms. The lowest BCUT2D eigenvalue weighted by Gasteiger charge is -2.20. The van der Waals surface area contributed by atoms with E-state index >= 15 is 0 Å². The van der Waals surface area contributed by atoms with Crippen LogP contribution in [-0.4, -0.2) is 35.4 Å². The molecule has 0 unspecified atom stereocenters. The molecule has 1 heterocycles. The molecule has 0 atom stereocenters. The number of nitrogens with zero attached hydrogens (tertiary/aromatic N) is 3. The standard InChI is InChI=1S/C14H20N4O2S/c1-12-16-14(11-17(12)2)21(19,20)18(9-8-15)10-13-6-4-3-5-7-13/h3-7,11H,8-10,15H2,1-2H3. The van der Waals surface area contributed by atoms with Crippen molar-refractivity contribution in [2.45, 2.75) is 18.5 Å². The number of aryl methyl sites for hydroxylation is 2. The number of imidazole rings is 1. The van der Waals surface area contributed by atoms with E-state index in [2.05, 4.69) is 4.98 Å². The van der Waals surface area contributed by atoms with Crippen LogP contribution in [-0.2, 0) is 23.6 Å². The fourth-order valence-electron chi connectivity index (χ4n) is 2.00. The largest absolute Gasteiger partial charge is 0.337 e. The molecule has 2 rings (SSSR count). The summed E-state index contributed by atoms with van der Waals surface area (Å²) in [6, 6.07) is 9.44. The number of hydrogen-bond donors (Lipinski definition) is 1. The number of hydrogen-bond acceptors (Lipinski definition) is 4. The molecule has 1 aromatic heterocycles. The van der Waals surface area contributed by atoms with Gasteiger partial charge in [-0.15, -0.1) is 0 Å². The molecule has 0 amide bonds. The molecular formula is C14H20N4O2S. The van der Waals surface area contributed by atoms with Crippen molar-refractivity contribution in [3.8, 4) is 0 Å². The van der Waals surface area contributed by atoms with Crippen LogP contribution in [0.4, 0.5) is 0 Å². The van der Waals surface area contributed by atoms with Crippen molar-refractivity contribution in [2.24, 2.45) is 12.8 Å². The van der Waals surface area contributed by atoms with E-state index in [0.29, 0.717) is 5.82 Å². The van der Waals surface area contributed by atoms with Crippen molar-refractivity contribution < 1.29 is 8.42 Å². The van der Waals surface area contributed by atoms with E-state index in [4.69, 9.17) is 5.73 Å². The van der Waals surface area contributed by atoms with Gasteiger partial charge in [0.2, 0.25) is 0 Å². The third kappa shape index (κ3) is 3.49. The second-order valence-corrected chi connectivity index (χ2v) is 6.73. The van der Waals surface area contributed by atoms with Gasteiger partial charge in [-0.1, -0.05) is 30.3 Å². The van der Waals surface area contributed by atoms with Gasteiger partial charge in [-0.25, -0.2) is 13.4 Å². The minimum Gasteiger partial charge on any atom is -0.337 e. The number of rotatable bonds is 6. The van der Waals surface area contributed by atoms with Gasteiger partial charge in [-0.3, -0.25) is 0 Å². The Balaban J connectivity index is 2.32. The summed E-state index contributed by atoms with van der Waals surface area (Å²) in [5, 5.41) is 0.0619. The van der Waals surface area contributed by atoms with Gasteiger partial charge in [0.1, 0.15) is 5.82 Å². The highest BCUT2D eigenvalue weighted by atomic mass is 32.2. The van der Waals surface area contributed by atoms with Crippen LogP contribution in [0.5, 0.6) is 0 Å². The summed E-state index contributed by atoms with van der Waals surface area (Å²) < 4.78 is 28.4. The van der Waals surface area contributed by atoms with Gasteiger partial charge in [0, 0.05) is 32.9 Å². The average Bonchev–Trinajstić information content (AvgIpc) is 2.80. The molecule has 2 aromatic rings. The summed E-state index contributed by atoms with van der Waals surface area (Å²) in [5.41, 5.74) is 6.48. The van der Waals surface area contributed by atoms with Gasteiger partial charge in [0.25, 0.3) is 10.0 Å². The van der Waals surface area contributed by atoms with Crippen LogP contribution in [0.15, 0.2) is 41.6 Å². The molecule has 0 aliphatic carbocycles. The second-order valence-electron chi connectivity index (χ2n) is 4.85. The zero-order chi connectivity index (χ0) is 15.5. The van der Waals surface area contributed by atoms with Crippen molar-refractivity contribution in [2.75, 3.05) is 13.1 Å². The van der Waals surface area contributed by atoms with Crippen molar-refractivity contribution in [1.82, 2.24) is 13.9 Å². The Labute approximate surface area is 125 Å². The minimum absolute atomic E-state index is 0.0619. The molecule has 0 saturated carbocycles. The van der Waals surface area contributed by atoms with Crippen LogP contribution >= 0.6 is 0 Å². The van der Waals surface area contributed by atoms with Crippen molar-refractivity contribution in [1.29, 1.82) is 0 Å². The first-order valence-electron chi connectivity index (χ1n) is 6.69. The fraction of sp³-hybridized carbons (Fsp3) is 0.357. The lowest BCUT2D eigenvalue weighted by atomic mass is 10.2. The third-order valence-electron chi connectivity index (χ3n) is 3.27. The monoisotopic (exact) mass is 308 g/mol. The van der Waals surface area contributed by atoms with Crippen molar-refractivity contribution in [3.05, 3.63) is 47.9 Å². The quantitative estimate of drug-likeness (QED) is 0.859. The molecular weight excluding hydrogens is 288 g/mol. The first-order chi connectivity index (χ1) is 9.95. The van der Waals surface area contributed by atoms with E-state index in [1.165, 1.54) is 10.5 Å². The predicted octanol–water partition coefficient (Wildman–Crippen LogP) is 0.878. The van der Waals surface area contributed by atoms with E-state index in [0.717, 1.165) is 5.56 Å². The lowest BCUT2D eigenvalue weighted by Crippen LogP contribution is -2.35. The Morgan fingerprint density at radius 1 is 1.29 bits per heavy atom. The van der Waals surface area contributed by atoms with Crippen LogP contribution in [0.25, 0.3) is 0 Å². The number of benzene rings is 1. The molecule has 0 bridgehead atoms. The molecule has 0 fully saturated rings. The van der Waals surface area contributed by atoms with Crippen LogP contribution < -0.4 is 5.73 Å². The highest BCUT2D eigenvalue weighted by molar-refractivity contribution is 7.89. The first-order valence-corrected chi connectivity index (χ1v) is 8.13. The summed E-state index contributed by atoms with van der Waals surface area (Å²) in [6.45, 7) is 2.57. The van der Waals surface area contributed by atoms with Crippen molar-refractivity contribution in [3.63, 3.8) is 0 Å². The van der Waals surface area contributed by atoms with E-state index in [1.54, 1.807) is 18.5 Å². The molecule has 0 saturated heterocycles. The summed E-state index contributed by atoms with van der Waals surface area (Å²) in [7, 11) is -1.87. The van der Waals surface area contributed by atoms with Gasteiger partial charge in [-0.2, -0.15) is 4.31 Å². The molecule has 6 nitrogen and oxygen atoms in total. The summed E-state index contributed by atoms with van der Waals surface area (Å²) in [6.07, 6.45) is 1.53. The Hall–Kier alpha value is -1.70. The van der Waals surface area contributed by atoms with Crippen LogP contribution in [0, 0.1) is 6.92 Å². The maximum atomic E-state index is 12.7. The van der Waals surface area contributed by atoms with Gasteiger partial charge >= 0.3 is 0 Å². The SMILES string of the molecule is Cc1nc(S(=O)(=O)N(CCN)Cc2ccccc2)cn1C. The maximum Gasteiger partial charge on any atom is 0.262 e. The fourth-order valence-corrected chi connectivity index (χ4v) is 3.47. The number of sulfonamides is 1. The molecule has 114 valence electrons. The lowest BCUT2D eigenvalue weighted by molar-refractivity contribution is 0.412. The molecule has 0 aliphatic rings. The van der Waals surface area contributed by atoms with Crippen molar-refractivity contribution >= 4 is 10.0 Å². The maximum absolute atomic E-state index is 12.7. The molecule has 7 heteroatoms. The van der Waals surface area contributed by atoms with Crippen LogP contribution in [0.2, 0.25) is 0 Å². The Kier molecular flexibility index (Phi) is 4.76. The Morgan fingerprint density at radius 2 is 1.95 bits per heavy atom. The first kappa shape index (κ1) is 15.7. The summed E-state index contributed by atoms with van der Waals surface area (Å²) >= 11 is 0. The zero-order valence-corrected chi connectivity index (χ0v) is 13.0. The third-order valence-corrected chi connectivity index (χ3v) is 4.99. The van der Waals surface area contributed by atoms with Crippen LogP contribution in [0.1, 0.15) is 11.4 Å². The summed E-state index contributed by atoms with van der Waals surface area (Å²) in [5.74, 6) is 0.654. The smallest absolute Gasteiger partial charge is 0.262 e. The van der Waals surface area contributed by atoms with Gasteiger partial charge in [-0.05, 0) is 12.5 Å². The van der Waals surface area contributed by atoms with Gasteiger partial charge < -0.3 is 10.3 Å². The molecule has 0 aliphatic heterocycles. The highest BCUT2D eigenvalue weighted by Crippen LogP contribution is 2.17. The normalized spacial score (nSPS) is 12.0. The zero-order valence-electron chi connectivity index (χ0n) is 12.2. The topological polar surface area (TPSA) is 81.2 Å². The Morgan fingerprint density at radius 3 is 2.48 bits per heavy atom. The molecule has 0 radical (unpaired) electrons. The van der Waals surface area contributed by atoms with E-state index in [-0.39, 0.29) is 24.7 Å². The minimum atomic E-state index is -3.64. The van der Waals surface area contributed by atoms with Gasteiger partial charge in [0.15, 0.2) is 5.03 Å². The Bertz CT molecular complexity index is 676. The predicted molar refractivity (Wildman–Crippen MR) is 81.0 cm³/mol. The number of aromatic nitrogens is 2. The van der Waals surface area contributed by atoms with Gasteiger partial charge in [0.05, 0.1) is 0 Å². The highest BCUT2D eigenvalue weighted by Gasteiger charge is 2.26. The van der Waals surface area contributed by atoms with E-state index < -0.39 is 10.0 Å². The van der Waals surface area contributed by atoms with E-state index in [9.17, 15) is 8.42 Å².